The zero-order valence-corrected chi connectivity index (χ0v) is 17.4. The molecule has 1 saturated carbocycles. The van der Waals surface area contributed by atoms with Crippen molar-refractivity contribution in [2.24, 2.45) is 5.41 Å². The Morgan fingerprint density at radius 3 is 2.28 bits per heavy atom. The first-order chi connectivity index (χ1) is 11.4. The summed E-state index contributed by atoms with van der Waals surface area (Å²) in [6.45, 7) is 12.4. The van der Waals surface area contributed by atoms with Crippen molar-refractivity contribution in [1.82, 2.24) is 0 Å². The quantitative estimate of drug-likeness (QED) is 0.434. The fraction of sp³-hybridized carbons (Fsp3) is 0.737. The highest BCUT2D eigenvalue weighted by atomic mass is 28.4. The van der Waals surface area contributed by atoms with Crippen LogP contribution in [0.5, 0.6) is 0 Å². The summed E-state index contributed by atoms with van der Waals surface area (Å²) in [5.41, 5.74) is -0.425. The van der Waals surface area contributed by atoms with E-state index in [1.54, 1.807) is 0 Å². The molecule has 25 heavy (non-hydrogen) atoms. The van der Waals surface area contributed by atoms with Crippen molar-refractivity contribution in [2.75, 3.05) is 7.11 Å². The number of methoxy groups -OCH3 is 1. The predicted molar refractivity (Wildman–Crippen MR) is 97.7 cm³/mol. The molecule has 0 radical (unpaired) electrons. The lowest BCUT2D eigenvalue weighted by atomic mass is 9.60. The monoisotopic (exact) mass is 366 g/mol. The van der Waals surface area contributed by atoms with Gasteiger partial charge in [-0.3, -0.25) is 14.4 Å². The maximum atomic E-state index is 13.0. The van der Waals surface area contributed by atoms with Gasteiger partial charge in [-0.1, -0.05) is 26.3 Å². The molecule has 0 heterocycles. The molecule has 1 fully saturated rings. The molecule has 6 heteroatoms. The van der Waals surface area contributed by atoms with Crippen molar-refractivity contribution in [1.29, 1.82) is 0 Å². The standard InChI is InChI=1S/C19H30O5Si/c1-12-8-10-14(21)19(17(22)23-5)15(11-9-13(20)16(12)19)24-25(6,7)18(2,3)4/h15H,8-11H2,1-7H3/t15-,19-/m1/s1. The van der Waals surface area contributed by atoms with E-state index in [4.69, 9.17) is 9.16 Å². The van der Waals surface area contributed by atoms with Gasteiger partial charge in [0.25, 0.3) is 0 Å². The van der Waals surface area contributed by atoms with Crippen LogP contribution in [0.25, 0.3) is 0 Å². The number of ketones is 2. The molecule has 2 aliphatic rings. The molecule has 0 unspecified atom stereocenters. The largest absolute Gasteiger partial charge is 0.468 e. The summed E-state index contributed by atoms with van der Waals surface area (Å²) in [5.74, 6) is -1.01. The van der Waals surface area contributed by atoms with Gasteiger partial charge in [0.05, 0.1) is 13.2 Å². The van der Waals surface area contributed by atoms with Crippen LogP contribution in [-0.2, 0) is 23.5 Å². The maximum absolute atomic E-state index is 13.0. The molecular weight excluding hydrogens is 336 g/mol. The fourth-order valence-corrected chi connectivity index (χ4v) is 5.05. The first kappa shape index (κ1) is 20.0. The van der Waals surface area contributed by atoms with Crippen molar-refractivity contribution in [3.8, 4) is 0 Å². The highest BCUT2D eigenvalue weighted by Gasteiger charge is 2.62. The average Bonchev–Trinajstić information content (AvgIpc) is 2.50. The highest BCUT2D eigenvalue weighted by Crippen LogP contribution is 2.51. The van der Waals surface area contributed by atoms with Crippen molar-refractivity contribution >= 4 is 25.9 Å². The SMILES string of the molecule is COC(=O)[C@@]12C(=O)CCC(C)=C1C(=O)CC[C@H]2O[Si](C)(C)C(C)(C)C. The Morgan fingerprint density at radius 2 is 1.76 bits per heavy atom. The van der Waals surface area contributed by atoms with E-state index in [1.165, 1.54) is 7.11 Å². The lowest BCUT2D eigenvalue weighted by Gasteiger charge is -2.48. The third-order valence-electron chi connectivity index (χ3n) is 6.13. The number of carbonyl (C=O) groups excluding carboxylic acids is 3. The average molecular weight is 367 g/mol. The Hall–Kier alpha value is -1.27. The molecule has 0 aliphatic heterocycles. The molecule has 2 aliphatic carbocycles. The summed E-state index contributed by atoms with van der Waals surface area (Å²) in [6.07, 6.45) is 0.817. The number of hydrogen-bond donors (Lipinski definition) is 0. The van der Waals surface area contributed by atoms with E-state index in [-0.39, 0.29) is 23.0 Å². The van der Waals surface area contributed by atoms with Gasteiger partial charge in [0.2, 0.25) is 0 Å². The van der Waals surface area contributed by atoms with Gasteiger partial charge in [-0.05, 0) is 37.9 Å². The Balaban J connectivity index is 2.64. The predicted octanol–water partition coefficient (Wildman–Crippen LogP) is 3.58. The number of hydrogen-bond acceptors (Lipinski definition) is 5. The second kappa shape index (κ2) is 6.47. The van der Waals surface area contributed by atoms with E-state index in [9.17, 15) is 14.4 Å². The van der Waals surface area contributed by atoms with Gasteiger partial charge in [-0.25, -0.2) is 0 Å². The van der Waals surface area contributed by atoms with Crippen LogP contribution in [0.1, 0.15) is 53.4 Å². The fourth-order valence-electron chi connectivity index (χ4n) is 3.69. The summed E-state index contributed by atoms with van der Waals surface area (Å²) in [5, 5.41) is -0.0671. The van der Waals surface area contributed by atoms with Gasteiger partial charge >= 0.3 is 5.97 Å². The Kier molecular flexibility index (Phi) is 5.19. The molecule has 0 N–H and O–H groups in total. The number of rotatable bonds is 3. The molecule has 0 amide bonds. The van der Waals surface area contributed by atoms with Crippen molar-refractivity contribution in [3.63, 3.8) is 0 Å². The molecule has 5 nitrogen and oxygen atoms in total. The van der Waals surface area contributed by atoms with E-state index in [0.29, 0.717) is 24.8 Å². The summed E-state index contributed by atoms with van der Waals surface area (Å²) in [4.78, 5) is 38.6. The van der Waals surface area contributed by atoms with Gasteiger partial charge in [0, 0.05) is 18.4 Å². The van der Waals surface area contributed by atoms with Gasteiger partial charge in [0.1, 0.15) is 0 Å². The maximum Gasteiger partial charge on any atom is 0.326 e. The number of allylic oxidation sites excluding steroid dienone is 1. The molecule has 0 aromatic heterocycles. The summed E-state index contributed by atoms with van der Waals surface area (Å²) >= 11 is 0. The van der Waals surface area contributed by atoms with Crippen LogP contribution in [-0.4, -0.2) is 39.1 Å². The number of esters is 1. The summed E-state index contributed by atoms with van der Waals surface area (Å²) in [6, 6.07) is 0. The molecular formula is C19H30O5Si. The molecule has 2 atom stereocenters. The molecule has 2 rings (SSSR count). The van der Waals surface area contributed by atoms with Crippen LogP contribution in [0.15, 0.2) is 11.1 Å². The molecule has 0 aromatic rings. The van der Waals surface area contributed by atoms with E-state index >= 15 is 0 Å². The summed E-state index contributed by atoms with van der Waals surface area (Å²) < 4.78 is 11.6. The lowest BCUT2D eigenvalue weighted by molar-refractivity contribution is -0.165. The van der Waals surface area contributed by atoms with E-state index < -0.39 is 25.8 Å². The van der Waals surface area contributed by atoms with Crippen LogP contribution < -0.4 is 0 Å². The molecule has 0 spiro atoms. The van der Waals surface area contributed by atoms with Crippen molar-refractivity contribution < 1.29 is 23.5 Å². The summed E-state index contributed by atoms with van der Waals surface area (Å²) in [7, 11) is -0.970. The van der Waals surface area contributed by atoms with E-state index in [0.717, 1.165) is 5.57 Å². The lowest BCUT2D eigenvalue weighted by Crippen LogP contribution is -2.60. The van der Waals surface area contributed by atoms with Crippen LogP contribution in [0.3, 0.4) is 0 Å². The minimum absolute atomic E-state index is 0.0671. The Bertz CT molecular complexity index is 641. The first-order valence-corrected chi connectivity index (χ1v) is 11.8. The van der Waals surface area contributed by atoms with Crippen molar-refractivity contribution in [3.05, 3.63) is 11.1 Å². The number of carbonyl (C=O) groups is 3. The smallest absolute Gasteiger partial charge is 0.326 e. The van der Waals surface area contributed by atoms with E-state index in [2.05, 4.69) is 33.9 Å². The van der Waals surface area contributed by atoms with Gasteiger partial charge in [-0.15, -0.1) is 0 Å². The second-order valence-electron chi connectivity index (χ2n) is 8.71. The number of fused-ring (bicyclic) bond motifs is 1. The van der Waals surface area contributed by atoms with Crippen LogP contribution in [0.4, 0.5) is 0 Å². The highest BCUT2D eigenvalue weighted by molar-refractivity contribution is 6.74. The minimum Gasteiger partial charge on any atom is -0.468 e. The number of ether oxygens (including phenoxy) is 1. The van der Waals surface area contributed by atoms with Crippen LogP contribution >= 0.6 is 0 Å². The van der Waals surface area contributed by atoms with Gasteiger partial charge < -0.3 is 9.16 Å². The molecule has 0 bridgehead atoms. The normalized spacial score (nSPS) is 28.0. The van der Waals surface area contributed by atoms with Gasteiger partial charge in [-0.2, -0.15) is 0 Å². The molecule has 140 valence electrons. The zero-order valence-electron chi connectivity index (χ0n) is 16.4. The Labute approximate surface area is 151 Å². The molecule has 0 saturated heterocycles. The van der Waals surface area contributed by atoms with Crippen molar-refractivity contribution in [2.45, 2.75) is 77.6 Å². The molecule has 0 aromatic carbocycles. The minimum atomic E-state index is -2.24. The number of Topliss-reactive ketones (excluding diaryl/α,β-unsaturated/α-hetero) is 2. The van der Waals surface area contributed by atoms with Crippen LogP contribution in [0.2, 0.25) is 18.1 Å². The van der Waals surface area contributed by atoms with Gasteiger partial charge in [0.15, 0.2) is 25.3 Å². The third-order valence-corrected chi connectivity index (χ3v) is 10.6. The van der Waals surface area contributed by atoms with E-state index in [1.807, 2.05) is 6.92 Å². The topological polar surface area (TPSA) is 69.7 Å². The second-order valence-corrected chi connectivity index (χ2v) is 13.5. The van der Waals surface area contributed by atoms with Crippen LogP contribution in [0, 0.1) is 5.41 Å². The third kappa shape index (κ3) is 3.03. The Morgan fingerprint density at radius 1 is 1.16 bits per heavy atom. The first-order valence-electron chi connectivity index (χ1n) is 8.92. The zero-order chi connectivity index (χ0) is 19.2.